The van der Waals surface area contributed by atoms with Gasteiger partial charge in [0.2, 0.25) is 6.29 Å². The molecule has 5 atom stereocenters. The molecule has 12 nitrogen and oxygen atoms in total. The maximum atomic E-state index is 12.8. The third-order valence-corrected chi connectivity index (χ3v) is 6.79. The number of benzene rings is 3. The fourth-order valence-corrected chi connectivity index (χ4v) is 4.58. The number of hydrogen-bond donors (Lipinski definition) is 5. The van der Waals surface area contributed by atoms with Crippen molar-refractivity contribution in [2.45, 2.75) is 30.7 Å². The highest BCUT2D eigenvalue weighted by Crippen LogP contribution is 2.36. The van der Waals surface area contributed by atoms with Crippen LogP contribution in [0.5, 0.6) is 23.0 Å². The molecule has 224 valence electrons. The van der Waals surface area contributed by atoms with Crippen LogP contribution in [0, 0.1) is 0 Å². The summed E-state index contributed by atoms with van der Waals surface area (Å²) < 4.78 is 27.5. The lowest BCUT2D eigenvalue weighted by Crippen LogP contribution is -2.61. The summed E-state index contributed by atoms with van der Waals surface area (Å²) in [5.41, 5.74) is 0.498. The Kier molecular flexibility index (Phi) is 8.64. The van der Waals surface area contributed by atoms with Gasteiger partial charge in [0.1, 0.15) is 40.4 Å². The number of ether oxygens (including phenoxy) is 4. The van der Waals surface area contributed by atoms with Gasteiger partial charge in [-0.15, -0.1) is 0 Å². The minimum Gasteiger partial charge on any atom is -0.507 e. The normalized spacial score (nSPS) is 22.0. The quantitative estimate of drug-likeness (QED) is 0.149. The molecule has 1 aliphatic rings. The van der Waals surface area contributed by atoms with Crippen LogP contribution in [0.3, 0.4) is 0 Å². The van der Waals surface area contributed by atoms with Crippen molar-refractivity contribution in [3.8, 4) is 34.3 Å². The summed E-state index contributed by atoms with van der Waals surface area (Å²) in [6.45, 7) is -0.702. The second kappa shape index (κ2) is 12.5. The summed E-state index contributed by atoms with van der Waals surface area (Å²) in [6, 6.07) is 16.7. The van der Waals surface area contributed by atoms with E-state index >= 15 is 0 Å². The Labute approximate surface area is 244 Å². The fourth-order valence-electron chi connectivity index (χ4n) is 4.58. The first-order valence-electron chi connectivity index (χ1n) is 13.1. The number of hydrogen-bond acceptors (Lipinski definition) is 12. The first-order chi connectivity index (χ1) is 20.7. The number of esters is 1. The van der Waals surface area contributed by atoms with Gasteiger partial charge in [-0.2, -0.15) is 0 Å². The summed E-state index contributed by atoms with van der Waals surface area (Å²) in [5.74, 6) is -1.48. The molecule has 43 heavy (non-hydrogen) atoms. The first-order valence-corrected chi connectivity index (χ1v) is 13.1. The average molecular weight is 593 g/mol. The van der Waals surface area contributed by atoms with E-state index in [0.717, 1.165) is 17.7 Å². The van der Waals surface area contributed by atoms with E-state index in [1.54, 1.807) is 24.3 Å². The lowest BCUT2D eigenvalue weighted by Gasteiger charge is -2.41. The van der Waals surface area contributed by atoms with Crippen LogP contribution in [0.4, 0.5) is 0 Å². The van der Waals surface area contributed by atoms with Gasteiger partial charge in [-0.1, -0.05) is 30.3 Å². The molecule has 0 saturated carbocycles. The third-order valence-electron chi connectivity index (χ3n) is 6.79. The smallest absolute Gasteiger partial charge is 0.331 e. The molecule has 2 heterocycles. The van der Waals surface area contributed by atoms with Gasteiger partial charge in [0.05, 0.1) is 13.7 Å². The topological polar surface area (TPSA) is 185 Å². The summed E-state index contributed by atoms with van der Waals surface area (Å²) in [7, 11) is 1.39. The Bertz CT molecular complexity index is 1700. The van der Waals surface area contributed by atoms with Crippen molar-refractivity contribution in [3.63, 3.8) is 0 Å². The van der Waals surface area contributed by atoms with E-state index < -0.39 is 48.7 Å². The van der Waals surface area contributed by atoms with E-state index in [0.29, 0.717) is 0 Å². The molecule has 0 amide bonds. The standard InChI is InChI=1S/C31H28O12/c1-39-18-12-20(34)27-21(35)14-22(40-24(27)13-18)17-8-9-19(33)23(11-17)41-31-29(38)30(28(37)25(15-32)42-31)43-26(36)10-7-16-5-3-2-4-6-16/h2-14,25,28-34,37-38H,15H2,1H3/b10-7+/t25-,28-,29-,30+,31-/m1/s1. The van der Waals surface area contributed by atoms with Crippen LogP contribution in [-0.4, -0.2) is 75.9 Å². The predicted molar refractivity (Wildman–Crippen MR) is 152 cm³/mol. The van der Waals surface area contributed by atoms with Crippen LogP contribution in [-0.2, 0) is 14.3 Å². The van der Waals surface area contributed by atoms with Crippen molar-refractivity contribution < 1.29 is 53.7 Å². The number of aliphatic hydroxyl groups is 3. The molecule has 1 saturated heterocycles. The monoisotopic (exact) mass is 592 g/mol. The Balaban J connectivity index is 1.40. The number of carbonyl (C=O) groups excluding carboxylic acids is 1. The van der Waals surface area contributed by atoms with E-state index in [1.807, 2.05) is 6.07 Å². The van der Waals surface area contributed by atoms with E-state index in [9.17, 15) is 35.1 Å². The van der Waals surface area contributed by atoms with Crippen LogP contribution in [0.2, 0.25) is 0 Å². The van der Waals surface area contributed by atoms with Gasteiger partial charge < -0.3 is 48.9 Å². The highest BCUT2D eigenvalue weighted by atomic mass is 16.7. The molecule has 0 spiro atoms. The second-order valence-corrected chi connectivity index (χ2v) is 9.65. The van der Waals surface area contributed by atoms with Crippen LogP contribution < -0.4 is 14.9 Å². The largest absolute Gasteiger partial charge is 0.507 e. The van der Waals surface area contributed by atoms with Gasteiger partial charge in [0.15, 0.2) is 29.1 Å². The Morgan fingerprint density at radius 2 is 1.74 bits per heavy atom. The minimum atomic E-state index is -1.75. The zero-order chi connectivity index (χ0) is 30.7. The molecular weight excluding hydrogens is 564 g/mol. The zero-order valence-corrected chi connectivity index (χ0v) is 22.7. The van der Waals surface area contributed by atoms with Crippen molar-refractivity contribution in [1.29, 1.82) is 0 Å². The Morgan fingerprint density at radius 3 is 2.47 bits per heavy atom. The van der Waals surface area contributed by atoms with Gasteiger partial charge in [-0.25, -0.2) is 4.79 Å². The molecule has 1 aliphatic heterocycles. The maximum absolute atomic E-state index is 12.8. The lowest BCUT2D eigenvalue weighted by molar-refractivity contribution is -0.280. The molecule has 0 unspecified atom stereocenters. The number of aromatic hydroxyl groups is 2. The summed E-state index contributed by atoms with van der Waals surface area (Å²) in [4.78, 5) is 25.3. The number of methoxy groups -OCH3 is 1. The van der Waals surface area contributed by atoms with Crippen molar-refractivity contribution >= 4 is 23.0 Å². The molecule has 5 rings (SSSR count). The van der Waals surface area contributed by atoms with Crippen LogP contribution in [0.1, 0.15) is 5.56 Å². The molecule has 0 radical (unpaired) electrons. The number of rotatable bonds is 8. The van der Waals surface area contributed by atoms with E-state index in [-0.39, 0.29) is 45.3 Å². The molecule has 0 aliphatic carbocycles. The van der Waals surface area contributed by atoms with Gasteiger partial charge in [-0.3, -0.25) is 4.79 Å². The van der Waals surface area contributed by atoms with E-state index in [4.69, 9.17) is 23.4 Å². The molecule has 5 N–H and O–H groups in total. The van der Waals surface area contributed by atoms with Crippen molar-refractivity contribution in [3.05, 3.63) is 88.6 Å². The summed E-state index contributed by atoms with van der Waals surface area (Å²) >= 11 is 0. The van der Waals surface area contributed by atoms with Crippen LogP contribution in [0.25, 0.3) is 28.4 Å². The number of phenols is 2. The zero-order valence-electron chi connectivity index (χ0n) is 22.7. The number of carbonyl (C=O) groups is 1. The highest BCUT2D eigenvalue weighted by Gasteiger charge is 2.48. The van der Waals surface area contributed by atoms with Crippen LogP contribution >= 0.6 is 0 Å². The number of aliphatic hydroxyl groups excluding tert-OH is 3. The van der Waals surface area contributed by atoms with Crippen LogP contribution in [0.15, 0.2) is 82.0 Å². The van der Waals surface area contributed by atoms with Crippen molar-refractivity contribution in [2.75, 3.05) is 13.7 Å². The summed E-state index contributed by atoms with van der Waals surface area (Å²) in [6.07, 6.45) is -5.22. The SMILES string of the molecule is COc1cc(O)c2c(=O)cc(-c3ccc(O)c(O[C@@H]4O[C@H](CO)[C@@H](O)[C@H](OC(=O)/C=C/c5ccccc5)[C@H]4O)c3)oc2c1. The third kappa shape index (κ3) is 6.32. The van der Waals surface area contributed by atoms with Crippen molar-refractivity contribution in [1.82, 2.24) is 0 Å². The van der Waals surface area contributed by atoms with Gasteiger partial charge in [-0.05, 0) is 29.8 Å². The average Bonchev–Trinajstić information content (AvgIpc) is 3.00. The van der Waals surface area contributed by atoms with Gasteiger partial charge >= 0.3 is 5.97 Å². The molecule has 1 fully saturated rings. The lowest BCUT2D eigenvalue weighted by atomic mass is 9.99. The fraction of sp³-hybridized carbons (Fsp3) is 0.226. The summed E-state index contributed by atoms with van der Waals surface area (Å²) in [5, 5.41) is 52.0. The highest BCUT2D eigenvalue weighted by molar-refractivity contribution is 5.87. The predicted octanol–water partition coefficient (Wildman–Crippen LogP) is 2.32. The number of phenolic OH excluding ortho intramolecular Hbond substituents is 2. The second-order valence-electron chi connectivity index (χ2n) is 9.65. The van der Waals surface area contributed by atoms with Gasteiger partial charge in [0, 0.05) is 29.8 Å². The molecule has 4 aromatic rings. The Hall–Kier alpha value is -4.88. The first kappa shape index (κ1) is 29.6. The number of fused-ring (bicyclic) bond motifs is 1. The molecule has 12 heteroatoms. The van der Waals surface area contributed by atoms with Crippen molar-refractivity contribution in [2.24, 2.45) is 0 Å². The molecule has 0 bridgehead atoms. The Morgan fingerprint density at radius 1 is 0.977 bits per heavy atom. The maximum Gasteiger partial charge on any atom is 0.331 e. The minimum absolute atomic E-state index is 0.0478. The van der Waals surface area contributed by atoms with E-state index in [2.05, 4.69) is 0 Å². The molecule has 3 aromatic carbocycles. The molecular formula is C31H28O12. The van der Waals surface area contributed by atoms with E-state index in [1.165, 1.54) is 43.5 Å². The van der Waals surface area contributed by atoms with Gasteiger partial charge in [0.25, 0.3) is 0 Å². The molecule has 1 aromatic heterocycles.